The molecule has 4 nitrogen and oxygen atoms in total. The Labute approximate surface area is 158 Å². The lowest BCUT2D eigenvalue weighted by Crippen LogP contribution is -2.05. The maximum absolute atomic E-state index is 13.0. The van der Waals surface area contributed by atoms with Gasteiger partial charge in [0.1, 0.15) is 5.58 Å². The number of benzene rings is 2. The van der Waals surface area contributed by atoms with E-state index in [9.17, 15) is 9.59 Å². The third-order valence-corrected chi connectivity index (χ3v) is 4.75. The molecular formula is C23H24O4. The zero-order chi connectivity index (χ0) is 19.2. The van der Waals surface area contributed by atoms with Crippen molar-refractivity contribution in [2.24, 2.45) is 0 Å². The van der Waals surface area contributed by atoms with E-state index in [-0.39, 0.29) is 12.2 Å². The molecule has 0 fully saturated rings. The van der Waals surface area contributed by atoms with Crippen LogP contribution in [-0.2, 0) is 17.6 Å². The highest BCUT2D eigenvalue weighted by Crippen LogP contribution is 2.25. The van der Waals surface area contributed by atoms with Gasteiger partial charge in [-0.25, -0.2) is 0 Å². The SMILES string of the molecule is CCCCCCc1ccc(C(=O)c2cc(CC(=O)O)cc3ccoc23)cc1. The number of unbranched alkanes of at least 4 members (excludes halogenated alkanes) is 3. The molecule has 2 aromatic carbocycles. The van der Waals surface area contributed by atoms with E-state index < -0.39 is 5.97 Å². The van der Waals surface area contributed by atoms with Gasteiger partial charge < -0.3 is 9.52 Å². The van der Waals surface area contributed by atoms with E-state index in [0.717, 1.165) is 18.2 Å². The number of rotatable bonds is 9. The Morgan fingerprint density at radius 3 is 2.44 bits per heavy atom. The zero-order valence-electron chi connectivity index (χ0n) is 15.5. The Morgan fingerprint density at radius 2 is 1.74 bits per heavy atom. The van der Waals surface area contributed by atoms with Crippen molar-refractivity contribution >= 4 is 22.7 Å². The van der Waals surface area contributed by atoms with Crippen LogP contribution in [0.4, 0.5) is 0 Å². The van der Waals surface area contributed by atoms with Crippen molar-refractivity contribution in [1.82, 2.24) is 0 Å². The number of carboxylic acid groups (broad SMARTS) is 1. The van der Waals surface area contributed by atoms with Crippen LogP contribution < -0.4 is 0 Å². The van der Waals surface area contributed by atoms with E-state index in [2.05, 4.69) is 6.92 Å². The van der Waals surface area contributed by atoms with Crippen molar-refractivity contribution in [2.45, 2.75) is 45.4 Å². The summed E-state index contributed by atoms with van der Waals surface area (Å²) < 4.78 is 5.48. The normalized spacial score (nSPS) is 11.0. The minimum atomic E-state index is -0.927. The molecule has 0 aliphatic rings. The number of furan rings is 1. The predicted molar refractivity (Wildman–Crippen MR) is 105 cm³/mol. The van der Waals surface area contributed by atoms with Crippen molar-refractivity contribution in [1.29, 1.82) is 0 Å². The lowest BCUT2D eigenvalue weighted by molar-refractivity contribution is -0.136. The lowest BCUT2D eigenvalue weighted by atomic mass is 9.96. The Morgan fingerprint density at radius 1 is 0.963 bits per heavy atom. The topological polar surface area (TPSA) is 67.5 Å². The molecule has 140 valence electrons. The molecule has 0 radical (unpaired) electrons. The van der Waals surface area contributed by atoms with Crippen LogP contribution in [0.25, 0.3) is 11.0 Å². The number of aryl methyl sites for hydroxylation is 1. The molecule has 0 bridgehead atoms. The van der Waals surface area contributed by atoms with Crippen LogP contribution in [0.15, 0.2) is 53.1 Å². The van der Waals surface area contributed by atoms with E-state index in [0.29, 0.717) is 22.3 Å². The van der Waals surface area contributed by atoms with Crippen LogP contribution in [0, 0.1) is 0 Å². The molecule has 3 aromatic rings. The molecule has 0 spiro atoms. The van der Waals surface area contributed by atoms with Crippen LogP contribution in [0.1, 0.15) is 59.7 Å². The van der Waals surface area contributed by atoms with Crippen LogP contribution >= 0.6 is 0 Å². The lowest BCUT2D eigenvalue weighted by Gasteiger charge is -2.07. The summed E-state index contributed by atoms with van der Waals surface area (Å²) in [4.78, 5) is 24.0. The van der Waals surface area contributed by atoms with E-state index in [1.807, 2.05) is 24.3 Å². The van der Waals surface area contributed by atoms with E-state index in [1.165, 1.54) is 31.1 Å². The second kappa shape index (κ2) is 8.67. The molecule has 1 heterocycles. The first-order chi connectivity index (χ1) is 13.1. The van der Waals surface area contributed by atoms with Crippen LogP contribution in [0.5, 0.6) is 0 Å². The Hall–Kier alpha value is -2.88. The van der Waals surface area contributed by atoms with Gasteiger partial charge in [0.25, 0.3) is 0 Å². The highest BCUT2D eigenvalue weighted by molar-refractivity contribution is 6.15. The van der Waals surface area contributed by atoms with Crippen LogP contribution in [0.3, 0.4) is 0 Å². The summed E-state index contributed by atoms with van der Waals surface area (Å²) in [5, 5.41) is 9.80. The number of carbonyl (C=O) groups excluding carboxylic acids is 1. The Balaban J connectivity index is 1.82. The molecule has 27 heavy (non-hydrogen) atoms. The number of fused-ring (bicyclic) bond motifs is 1. The van der Waals surface area contributed by atoms with Crippen molar-refractivity contribution in [3.63, 3.8) is 0 Å². The maximum atomic E-state index is 13.0. The van der Waals surface area contributed by atoms with Gasteiger partial charge in [0.05, 0.1) is 18.2 Å². The molecule has 0 saturated heterocycles. The highest BCUT2D eigenvalue weighted by atomic mass is 16.4. The Kier molecular flexibility index (Phi) is 6.07. The second-order valence-corrected chi connectivity index (χ2v) is 6.89. The third-order valence-electron chi connectivity index (χ3n) is 4.75. The maximum Gasteiger partial charge on any atom is 0.307 e. The number of hydrogen-bond acceptors (Lipinski definition) is 3. The molecule has 0 unspecified atom stereocenters. The molecule has 0 aliphatic heterocycles. The van der Waals surface area contributed by atoms with Crippen LogP contribution in [0.2, 0.25) is 0 Å². The van der Waals surface area contributed by atoms with Gasteiger partial charge in [0.15, 0.2) is 5.78 Å². The molecule has 3 rings (SSSR count). The minimum absolute atomic E-state index is 0.127. The summed E-state index contributed by atoms with van der Waals surface area (Å²) in [6.07, 6.45) is 7.27. The largest absolute Gasteiger partial charge is 0.481 e. The number of carboxylic acids is 1. The quantitative estimate of drug-likeness (QED) is 0.407. The van der Waals surface area contributed by atoms with Gasteiger partial charge in [-0.3, -0.25) is 9.59 Å². The van der Waals surface area contributed by atoms with E-state index >= 15 is 0 Å². The first kappa shape index (κ1) is 18.9. The molecular weight excluding hydrogens is 340 g/mol. The average Bonchev–Trinajstić information content (AvgIpc) is 3.12. The third kappa shape index (κ3) is 4.64. The van der Waals surface area contributed by atoms with Crippen molar-refractivity contribution in [3.8, 4) is 0 Å². The standard InChI is InChI=1S/C23H24O4/c1-2-3-4-5-6-16-7-9-18(10-8-16)22(26)20-14-17(15-21(24)25)13-19-11-12-27-23(19)20/h7-14H,2-6,15H2,1H3,(H,24,25). The molecule has 0 saturated carbocycles. The molecule has 1 aromatic heterocycles. The van der Waals surface area contributed by atoms with E-state index in [1.54, 1.807) is 18.2 Å². The second-order valence-electron chi connectivity index (χ2n) is 6.89. The fraction of sp³-hybridized carbons (Fsp3) is 0.304. The first-order valence-corrected chi connectivity index (χ1v) is 9.44. The Bertz CT molecular complexity index is 935. The van der Waals surface area contributed by atoms with Gasteiger partial charge in [-0.15, -0.1) is 0 Å². The summed E-state index contributed by atoms with van der Waals surface area (Å²) in [5.41, 5.74) is 3.30. The molecule has 0 atom stereocenters. The summed E-state index contributed by atoms with van der Waals surface area (Å²) in [6, 6.07) is 12.8. The van der Waals surface area contributed by atoms with Gasteiger partial charge >= 0.3 is 5.97 Å². The van der Waals surface area contributed by atoms with Gasteiger partial charge in [0.2, 0.25) is 0 Å². The predicted octanol–water partition coefficient (Wildman–Crippen LogP) is 5.41. The van der Waals surface area contributed by atoms with Gasteiger partial charge in [-0.2, -0.15) is 0 Å². The van der Waals surface area contributed by atoms with E-state index in [4.69, 9.17) is 9.52 Å². The van der Waals surface area contributed by atoms with Crippen LogP contribution in [-0.4, -0.2) is 16.9 Å². The summed E-state index contributed by atoms with van der Waals surface area (Å²) in [5.74, 6) is -1.08. The molecule has 4 heteroatoms. The fourth-order valence-corrected chi connectivity index (χ4v) is 3.32. The molecule has 1 N–H and O–H groups in total. The zero-order valence-corrected chi connectivity index (χ0v) is 15.5. The highest BCUT2D eigenvalue weighted by Gasteiger charge is 2.17. The minimum Gasteiger partial charge on any atom is -0.481 e. The number of aliphatic carboxylic acids is 1. The van der Waals surface area contributed by atoms with Gasteiger partial charge in [0, 0.05) is 10.9 Å². The van der Waals surface area contributed by atoms with Gasteiger partial charge in [-0.05, 0) is 42.2 Å². The summed E-state index contributed by atoms with van der Waals surface area (Å²) in [7, 11) is 0. The average molecular weight is 364 g/mol. The van der Waals surface area contributed by atoms with Crippen molar-refractivity contribution in [2.75, 3.05) is 0 Å². The first-order valence-electron chi connectivity index (χ1n) is 9.44. The van der Waals surface area contributed by atoms with Gasteiger partial charge in [-0.1, -0.05) is 50.5 Å². The summed E-state index contributed by atoms with van der Waals surface area (Å²) in [6.45, 7) is 2.20. The van der Waals surface area contributed by atoms with Crippen molar-refractivity contribution < 1.29 is 19.1 Å². The number of hydrogen-bond donors (Lipinski definition) is 1. The van der Waals surface area contributed by atoms with Crippen molar-refractivity contribution in [3.05, 3.63) is 71.0 Å². The number of carbonyl (C=O) groups is 2. The molecule has 0 amide bonds. The molecule has 0 aliphatic carbocycles. The monoisotopic (exact) mass is 364 g/mol. The summed E-state index contributed by atoms with van der Waals surface area (Å²) >= 11 is 0. The fourth-order valence-electron chi connectivity index (χ4n) is 3.32. The number of ketones is 1. The smallest absolute Gasteiger partial charge is 0.307 e.